The van der Waals surface area contributed by atoms with E-state index in [0.29, 0.717) is 28.2 Å². The Bertz CT molecular complexity index is 466. The number of rotatable bonds is 4. The maximum atomic E-state index is 5.32. The Labute approximate surface area is 101 Å². The van der Waals surface area contributed by atoms with Crippen molar-refractivity contribution in [2.75, 3.05) is 7.05 Å². The molecule has 0 saturated heterocycles. The van der Waals surface area contributed by atoms with Gasteiger partial charge in [-0.25, -0.2) is 0 Å². The molecule has 1 N–H and O–H groups in total. The van der Waals surface area contributed by atoms with Gasteiger partial charge in [0.1, 0.15) is 0 Å². The maximum Gasteiger partial charge on any atom is 0.293 e. The molecule has 5 nitrogen and oxygen atoms in total. The molecular formula is C10H12BrN3O2. The largest absolute Gasteiger partial charge is 0.444 e. The van der Waals surface area contributed by atoms with Gasteiger partial charge < -0.3 is 14.3 Å². The van der Waals surface area contributed by atoms with Crippen LogP contribution in [0.1, 0.15) is 12.7 Å². The topological polar surface area (TPSA) is 64.1 Å². The fourth-order valence-electron chi connectivity index (χ4n) is 1.24. The third kappa shape index (κ3) is 2.51. The van der Waals surface area contributed by atoms with Gasteiger partial charge >= 0.3 is 0 Å². The molecular weight excluding hydrogens is 274 g/mol. The smallest absolute Gasteiger partial charge is 0.293 e. The molecule has 1 atom stereocenters. The van der Waals surface area contributed by atoms with Gasteiger partial charge in [0.25, 0.3) is 5.89 Å². The first kappa shape index (κ1) is 11.3. The van der Waals surface area contributed by atoms with Crippen LogP contribution in [-0.4, -0.2) is 23.2 Å². The summed E-state index contributed by atoms with van der Waals surface area (Å²) in [6.07, 6.45) is 0.724. The molecule has 2 aromatic heterocycles. The molecule has 16 heavy (non-hydrogen) atoms. The number of nitrogens with zero attached hydrogens (tertiary/aromatic N) is 2. The van der Waals surface area contributed by atoms with E-state index in [0.717, 1.165) is 6.42 Å². The zero-order chi connectivity index (χ0) is 11.5. The van der Waals surface area contributed by atoms with Gasteiger partial charge in [-0.15, -0.1) is 0 Å². The summed E-state index contributed by atoms with van der Waals surface area (Å²) in [7, 11) is 1.90. The number of halogens is 1. The van der Waals surface area contributed by atoms with Crippen LogP contribution in [-0.2, 0) is 6.42 Å². The zero-order valence-electron chi connectivity index (χ0n) is 9.03. The van der Waals surface area contributed by atoms with Crippen molar-refractivity contribution in [3.05, 3.63) is 22.6 Å². The van der Waals surface area contributed by atoms with Crippen LogP contribution >= 0.6 is 15.9 Å². The Balaban J connectivity index is 2.13. The summed E-state index contributed by atoms with van der Waals surface area (Å²) in [6, 6.07) is 3.88. The van der Waals surface area contributed by atoms with Crippen molar-refractivity contribution in [3.8, 4) is 11.7 Å². The Morgan fingerprint density at radius 3 is 2.94 bits per heavy atom. The molecule has 0 radical (unpaired) electrons. The van der Waals surface area contributed by atoms with Crippen LogP contribution < -0.4 is 5.32 Å². The number of aromatic nitrogens is 2. The van der Waals surface area contributed by atoms with Gasteiger partial charge in [-0.05, 0) is 42.0 Å². The molecule has 0 bridgehead atoms. The van der Waals surface area contributed by atoms with E-state index < -0.39 is 0 Å². The number of furan rings is 1. The molecule has 0 aliphatic rings. The van der Waals surface area contributed by atoms with Gasteiger partial charge in [0.2, 0.25) is 0 Å². The van der Waals surface area contributed by atoms with Gasteiger partial charge in [-0.3, -0.25) is 0 Å². The molecule has 1 unspecified atom stereocenters. The number of nitrogens with one attached hydrogen (secondary N) is 1. The molecule has 2 aromatic rings. The highest BCUT2D eigenvalue weighted by molar-refractivity contribution is 9.10. The number of hydrogen-bond acceptors (Lipinski definition) is 5. The Morgan fingerprint density at radius 1 is 1.50 bits per heavy atom. The lowest BCUT2D eigenvalue weighted by Crippen LogP contribution is -2.24. The lowest BCUT2D eigenvalue weighted by Gasteiger charge is -2.04. The second-order valence-corrected chi connectivity index (χ2v) is 4.29. The predicted molar refractivity (Wildman–Crippen MR) is 61.9 cm³/mol. The first-order chi connectivity index (χ1) is 7.69. The number of likely N-dealkylation sites (N-methyl/N-ethyl adjacent to an activating group) is 1. The van der Waals surface area contributed by atoms with Crippen molar-refractivity contribution in [2.24, 2.45) is 0 Å². The summed E-state index contributed by atoms with van der Waals surface area (Å²) in [6.45, 7) is 2.06. The normalized spacial score (nSPS) is 12.9. The van der Waals surface area contributed by atoms with Crippen LogP contribution in [0, 0.1) is 0 Å². The highest BCUT2D eigenvalue weighted by Gasteiger charge is 2.13. The molecule has 0 amide bonds. The Hall–Kier alpha value is -1.14. The zero-order valence-corrected chi connectivity index (χ0v) is 10.6. The molecule has 0 aliphatic heterocycles. The molecule has 2 rings (SSSR count). The van der Waals surface area contributed by atoms with E-state index in [-0.39, 0.29) is 0 Å². The van der Waals surface area contributed by atoms with E-state index in [1.165, 1.54) is 0 Å². The summed E-state index contributed by atoms with van der Waals surface area (Å²) in [5, 5.41) is 7.00. The second-order valence-electron chi connectivity index (χ2n) is 3.51. The summed E-state index contributed by atoms with van der Waals surface area (Å²) in [4.78, 5) is 4.25. The lowest BCUT2D eigenvalue weighted by molar-refractivity contribution is 0.404. The van der Waals surface area contributed by atoms with Gasteiger partial charge in [0, 0.05) is 12.5 Å². The molecule has 6 heteroatoms. The van der Waals surface area contributed by atoms with Crippen LogP contribution in [0.5, 0.6) is 0 Å². The first-order valence-corrected chi connectivity index (χ1v) is 5.74. The Morgan fingerprint density at radius 2 is 2.31 bits per heavy atom. The van der Waals surface area contributed by atoms with Crippen LogP contribution in [0.25, 0.3) is 11.7 Å². The van der Waals surface area contributed by atoms with Crippen LogP contribution in [0.3, 0.4) is 0 Å². The van der Waals surface area contributed by atoms with Gasteiger partial charge in [-0.2, -0.15) is 4.98 Å². The summed E-state index contributed by atoms with van der Waals surface area (Å²) in [5.41, 5.74) is 0. The fraction of sp³-hybridized carbons (Fsp3) is 0.400. The van der Waals surface area contributed by atoms with E-state index in [1.807, 2.05) is 7.05 Å². The minimum absolute atomic E-state index is 0.314. The minimum atomic E-state index is 0.314. The molecule has 86 valence electrons. The van der Waals surface area contributed by atoms with Gasteiger partial charge in [-0.1, -0.05) is 5.16 Å². The third-order valence-corrected chi connectivity index (χ3v) is 2.66. The highest BCUT2D eigenvalue weighted by atomic mass is 79.9. The first-order valence-electron chi connectivity index (χ1n) is 4.94. The Kier molecular flexibility index (Phi) is 3.40. The van der Waals surface area contributed by atoms with Gasteiger partial charge in [0.05, 0.1) is 0 Å². The SMILES string of the molecule is CNC(C)Cc1noc(-c2ccc(Br)o2)n1. The van der Waals surface area contributed by atoms with Crippen molar-refractivity contribution >= 4 is 15.9 Å². The summed E-state index contributed by atoms with van der Waals surface area (Å²) in [5.74, 6) is 1.65. The van der Waals surface area contributed by atoms with E-state index >= 15 is 0 Å². The van der Waals surface area contributed by atoms with Crippen molar-refractivity contribution in [1.82, 2.24) is 15.5 Å². The summed E-state index contributed by atoms with van der Waals surface area (Å²) < 4.78 is 11.1. The maximum absolute atomic E-state index is 5.32. The van der Waals surface area contributed by atoms with E-state index in [4.69, 9.17) is 8.94 Å². The molecule has 0 saturated carbocycles. The molecule has 0 spiro atoms. The minimum Gasteiger partial charge on any atom is -0.444 e. The van der Waals surface area contributed by atoms with Crippen LogP contribution in [0.4, 0.5) is 0 Å². The molecule has 2 heterocycles. The van der Waals surface area contributed by atoms with E-state index in [1.54, 1.807) is 12.1 Å². The van der Waals surface area contributed by atoms with Crippen LogP contribution in [0.2, 0.25) is 0 Å². The third-order valence-electron chi connectivity index (χ3n) is 2.23. The van der Waals surface area contributed by atoms with Crippen molar-refractivity contribution in [3.63, 3.8) is 0 Å². The monoisotopic (exact) mass is 285 g/mol. The summed E-state index contributed by atoms with van der Waals surface area (Å²) >= 11 is 3.22. The average Bonchev–Trinajstić information content (AvgIpc) is 2.87. The van der Waals surface area contributed by atoms with Crippen LogP contribution in [0.15, 0.2) is 25.7 Å². The lowest BCUT2D eigenvalue weighted by atomic mass is 10.2. The predicted octanol–water partition coefficient (Wildman–Crippen LogP) is 2.24. The van der Waals surface area contributed by atoms with Crippen molar-refractivity contribution < 1.29 is 8.94 Å². The highest BCUT2D eigenvalue weighted by Crippen LogP contribution is 2.23. The van der Waals surface area contributed by atoms with Gasteiger partial charge in [0.15, 0.2) is 16.3 Å². The molecule has 0 aromatic carbocycles. The number of hydrogen-bond donors (Lipinski definition) is 1. The second kappa shape index (κ2) is 4.80. The van der Waals surface area contributed by atoms with Crippen molar-refractivity contribution in [2.45, 2.75) is 19.4 Å². The average molecular weight is 286 g/mol. The standard InChI is InChI=1S/C10H12BrN3O2/c1-6(12-2)5-9-13-10(16-14-9)7-3-4-8(11)15-7/h3-4,6,12H,5H2,1-2H3. The fourth-order valence-corrected chi connectivity index (χ4v) is 1.55. The van der Waals surface area contributed by atoms with Crippen molar-refractivity contribution in [1.29, 1.82) is 0 Å². The molecule has 0 aliphatic carbocycles. The van der Waals surface area contributed by atoms with E-state index in [2.05, 4.69) is 38.3 Å². The molecule has 0 fully saturated rings. The quantitative estimate of drug-likeness (QED) is 0.933. The van der Waals surface area contributed by atoms with E-state index in [9.17, 15) is 0 Å².